The van der Waals surface area contributed by atoms with E-state index in [1.807, 2.05) is 20.8 Å². The highest BCUT2D eigenvalue weighted by molar-refractivity contribution is 5.93. The van der Waals surface area contributed by atoms with Gasteiger partial charge in [0.05, 0.1) is 11.6 Å². The van der Waals surface area contributed by atoms with Crippen LogP contribution in [0.2, 0.25) is 0 Å². The normalized spacial score (nSPS) is 22.2. The number of carbonyl (C=O) groups excluding carboxylic acids is 1. The molecular formula is C14H21N3O3. The minimum atomic E-state index is -0.786. The van der Waals surface area contributed by atoms with E-state index < -0.39 is 5.97 Å². The fraction of sp³-hybridized carbons (Fsp3) is 0.643. The van der Waals surface area contributed by atoms with E-state index in [0.29, 0.717) is 18.5 Å². The number of nitrogens with zero attached hydrogens (tertiary/aromatic N) is 2. The number of carboxylic acid groups (broad SMARTS) is 1. The highest BCUT2D eigenvalue weighted by atomic mass is 16.4. The molecule has 0 bridgehead atoms. The minimum absolute atomic E-state index is 0.0448. The molecule has 1 amide bonds. The van der Waals surface area contributed by atoms with E-state index in [4.69, 9.17) is 5.11 Å². The second-order valence-corrected chi connectivity index (χ2v) is 6.47. The second-order valence-electron chi connectivity index (χ2n) is 6.47. The van der Waals surface area contributed by atoms with Crippen molar-refractivity contribution in [3.05, 3.63) is 17.5 Å². The molecule has 0 saturated heterocycles. The van der Waals surface area contributed by atoms with Crippen molar-refractivity contribution >= 4 is 11.9 Å². The first-order valence-electron chi connectivity index (χ1n) is 6.76. The van der Waals surface area contributed by atoms with E-state index in [1.165, 1.54) is 0 Å². The third-order valence-corrected chi connectivity index (χ3v) is 3.70. The van der Waals surface area contributed by atoms with Gasteiger partial charge < -0.3 is 10.4 Å². The van der Waals surface area contributed by atoms with Gasteiger partial charge in [-0.1, -0.05) is 20.8 Å². The van der Waals surface area contributed by atoms with Crippen LogP contribution >= 0.6 is 0 Å². The molecule has 0 unspecified atom stereocenters. The Morgan fingerprint density at radius 3 is 2.45 bits per heavy atom. The quantitative estimate of drug-likeness (QED) is 0.873. The molecule has 0 aliphatic heterocycles. The fourth-order valence-electron chi connectivity index (χ4n) is 2.24. The maximum Gasteiger partial charge on any atom is 0.306 e. The van der Waals surface area contributed by atoms with Gasteiger partial charge in [0, 0.05) is 18.5 Å². The summed E-state index contributed by atoms with van der Waals surface area (Å²) in [6.45, 7) is 6.13. The SMILES string of the molecule is Cn1nc(C(C)(C)C)cc1C(=O)NC1CC(C(=O)O)C1. The summed E-state index contributed by atoms with van der Waals surface area (Å²) in [6.07, 6.45) is 1.01. The number of aryl methyl sites for hydroxylation is 1. The molecule has 0 radical (unpaired) electrons. The first-order chi connectivity index (χ1) is 9.18. The molecule has 2 rings (SSSR count). The summed E-state index contributed by atoms with van der Waals surface area (Å²) >= 11 is 0. The van der Waals surface area contributed by atoms with Crippen molar-refractivity contribution in [2.24, 2.45) is 13.0 Å². The predicted octanol–water partition coefficient (Wildman–Crippen LogP) is 1.31. The number of hydrogen-bond acceptors (Lipinski definition) is 3. The molecule has 6 heteroatoms. The molecule has 0 atom stereocenters. The molecule has 2 N–H and O–H groups in total. The number of carboxylic acids is 1. The molecule has 1 aromatic rings. The van der Waals surface area contributed by atoms with Crippen LogP contribution in [0.3, 0.4) is 0 Å². The van der Waals surface area contributed by atoms with Gasteiger partial charge in [0.15, 0.2) is 0 Å². The first kappa shape index (κ1) is 14.6. The van der Waals surface area contributed by atoms with E-state index in [-0.39, 0.29) is 23.3 Å². The molecule has 1 fully saturated rings. The molecule has 1 heterocycles. The van der Waals surface area contributed by atoms with Crippen LogP contribution in [0, 0.1) is 5.92 Å². The Morgan fingerprint density at radius 1 is 1.40 bits per heavy atom. The van der Waals surface area contributed by atoms with Gasteiger partial charge in [0.2, 0.25) is 0 Å². The van der Waals surface area contributed by atoms with E-state index in [0.717, 1.165) is 5.69 Å². The van der Waals surface area contributed by atoms with E-state index in [1.54, 1.807) is 17.8 Å². The van der Waals surface area contributed by atoms with Crippen molar-refractivity contribution in [3.63, 3.8) is 0 Å². The molecule has 1 aromatic heterocycles. The number of amides is 1. The summed E-state index contributed by atoms with van der Waals surface area (Å²) < 4.78 is 1.57. The number of hydrogen-bond donors (Lipinski definition) is 2. The molecule has 1 saturated carbocycles. The summed E-state index contributed by atoms with van der Waals surface area (Å²) in [5.41, 5.74) is 1.26. The van der Waals surface area contributed by atoms with Crippen LogP contribution in [-0.2, 0) is 17.3 Å². The van der Waals surface area contributed by atoms with E-state index >= 15 is 0 Å². The smallest absolute Gasteiger partial charge is 0.306 e. The minimum Gasteiger partial charge on any atom is -0.481 e. The third-order valence-electron chi connectivity index (χ3n) is 3.70. The van der Waals surface area contributed by atoms with Crippen LogP contribution < -0.4 is 5.32 Å². The zero-order chi connectivity index (χ0) is 15.1. The van der Waals surface area contributed by atoms with Gasteiger partial charge in [-0.15, -0.1) is 0 Å². The molecule has 20 heavy (non-hydrogen) atoms. The second kappa shape index (κ2) is 4.92. The average Bonchev–Trinajstić information content (AvgIpc) is 2.64. The Morgan fingerprint density at radius 2 is 2.00 bits per heavy atom. The first-order valence-corrected chi connectivity index (χ1v) is 6.76. The molecule has 1 aliphatic carbocycles. The largest absolute Gasteiger partial charge is 0.481 e. The average molecular weight is 279 g/mol. The monoisotopic (exact) mass is 279 g/mol. The Kier molecular flexibility index (Phi) is 3.58. The lowest BCUT2D eigenvalue weighted by Crippen LogP contribution is -2.47. The predicted molar refractivity (Wildman–Crippen MR) is 73.5 cm³/mol. The number of aliphatic carboxylic acids is 1. The van der Waals surface area contributed by atoms with Gasteiger partial charge in [-0.05, 0) is 18.9 Å². The Balaban J connectivity index is 2.00. The highest BCUT2D eigenvalue weighted by Crippen LogP contribution is 2.28. The van der Waals surface area contributed by atoms with Crippen LogP contribution in [0.5, 0.6) is 0 Å². The summed E-state index contributed by atoms with van der Waals surface area (Å²) in [5, 5.41) is 16.0. The Hall–Kier alpha value is -1.85. The lowest BCUT2D eigenvalue weighted by atomic mass is 9.80. The summed E-state index contributed by atoms with van der Waals surface area (Å²) in [7, 11) is 1.74. The topological polar surface area (TPSA) is 84.2 Å². The molecule has 6 nitrogen and oxygen atoms in total. The van der Waals surface area contributed by atoms with Crippen LogP contribution in [0.4, 0.5) is 0 Å². The van der Waals surface area contributed by atoms with Crippen LogP contribution in [0.25, 0.3) is 0 Å². The Bertz CT molecular complexity index is 536. The van der Waals surface area contributed by atoms with Crippen LogP contribution in [-0.4, -0.2) is 32.8 Å². The third kappa shape index (κ3) is 2.84. The Labute approximate surface area is 118 Å². The lowest BCUT2D eigenvalue weighted by molar-refractivity contribution is -0.145. The number of carbonyl (C=O) groups is 2. The molecular weight excluding hydrogens is 258 g/mol. The zero-order valence-corrected chi connectivity index (χ0v) is 12.3. The highest BCUT2D eigenvalue weighted by Gasteiger charge is 2.35. The van der Waals surface area contributed by atoms with Crippen molar-refractivity contribution in [1.82, 2.24) is 15.1 Å². The van der Waals surface area contributed by atoms with Gasteiger partial charge in [-0.25, -0.2) is 0 Å². The van der Waals surface area contributed by atoms with Gasteiger partial charge in [-0.3, -0.25) is 14.3 Å². The van der Waals surface area contributed by atoms with Gasteiger partial charge >= 0.3 is 5.97 Å². The van der Waals surface area contributed by atoms with Crippen molar-refractivity contribution in [2.45, 2.75) is 45.1 Å². The van der Waals surface area contributed by atoms with Crippen molar-refractivity contribution in [2.75, 3.05) is 0 Å². The molecule has 0 aromatic carbocycles. The molecule has 1 aliphatic rings. The van der Waals surface area contributed by atoms with Gasteiger partial charge in [-0.2, -0.15) is 5.10 Å². The zero-order valence-electron chi connectivity index (χ0n) is 12.3. The number of rotatable bonds is 3. The van der Waals surface area contributed by atoms with E-state index in [2.05, 4.69) is 10.4 Å². The number of nitrogens with one attached hydrogen (secondary N) is 1. The standard InChI is InChI=1S/C14H21N3O3/c1-14(2,3)11-7-10(17(4)16-11)12(18)15-9-5-8(6-9)13(19)20/h7-9H,5-6H2,1-4H3,(H,15,18)(H,19,20). The van der Waals surface area contributed by atoms with Gasteiger partial charge in [0.25, 0.3) is 5.91 Å². The summed E-state index contributed by atoms with van der Waals surface area (Å²) in [5.74, 6) is -1.30. The van der Waals surface area contributed by atoms with Gasteiger partial charge in [0.1, 0.15) is 5.69 Å². The van der Waals surface area contributed by atoms with E-state index in [9.17, 15) is 9.59 Å². The molecule has 0 spiro atoms. The molecule has 110 valence electrons. The van der Waals surface area contributed by atoms with Crippen LogP contribution in [0.15, 0.2) is 6.07 Å². The summed E-state index contributed by atoms with van der Waals surface area (Å²) in [4.78, 5) is 22.9. The maximum absolute atomic E-state index is 12.2. The summed E-state index contributed by atoms with van der Waals surface area (Å²) in [6, 6.07) is 1.75. The maximum atomic E-state index is 12.2. The van der Waals surface area contributed by atoms with Crippen molar-refractivity contribution in [1.29, 1.82) is 0 Å². The lowest BCUT2D eigenvalue weighted by Gasteiger charge is -2.32. The van der Waals surface area contributed by atoms with Crippen LogP contribution in [0.1, 0.15) is 49.8 Å². The van der Waals surface area contributed by atoms with Crippen molar-refractivity contribution < 1.29 is 14.7 Å². The van der Waals surface area contributed by atoms with Crippen molar-refractivity contribution in [3.8, 4) is 0 Å². The number of aromatic nitrogens is 2. The fourth-order valence-corrected chi connectivity index (χ4v) is 2.24.